The van der Waals surface area contributed by atoms with Crippen LogP contribution in [0.3, 0.4) is 0 Å². The molecule has 1 fully saturated rings. The molecule has 4 nitrogen and oxygen atoms in total. The van der Waals surface area contributed by atoms with Crippen molar-refractivity contribution < 1.29 is 9.59 Å². The van der Waals surface area contributed by atoms with E-state index in [1.807, 2.05) is 24.3 Å². The third kappa shape index (κ3) is 4.77. The Morgan fingerprint density at radius 2 is 1.46 bits per heavy atom. The van der Waals surface area contributed by atoms with Gasteiger partial charge < -0.3 is 10.2 Å². The highest BCUT2D eigenvalue weighted by atomic mass is 35.5. The molecule has 0 aromatic heterocycles. The molecule has 1 aliphatic rings. The minimum Gasteiger partial charge on any atom is -0.352 e. The number of carbonyl (C=O) groups is 2. The van der Waals surface area contributed by atoms with Crippen LogP contribution in [0.15, 0.2) is 48.5 Å². The van der Waals surface area contributed by atoms with Gasteiger partial charge in [-0.1, -0.05) is 35.3 Å². The van der Waals surface area contributed by atoms with Gasteiger partial charge in [0, 0.05) is 41.2 Å². The summed E-state index contributed by atoms with van der Waals surface area (Å²) in [5, 5.41) is 4.26. The Kier molecular flexibility index (Phi) is 6.17. The fourth-order valence-electron chi connectivity index (χ4n) is 3.06. The smallest absolute Gasteiger partial charge is 0.253 e. The van der Waals surface area contributed by atoms with Crippen LogP contribution in [0.4, 0.5) is 0 Å². The normalized spacial score (nSPS) is 14.9. The van der Waals surface area contributed by atoms with Crippen molar-refractivity contribution in [2.45, 2.75) is 19.4 Å². The van der Waals surface area contributed by atoms with Crippen LogP contribution in [0.25, 0.3) is 0 Å². The van der Waals surface area contributed by atoms with E-state index in [1.54, 1.807) is 29.2 Å². The van der Waals surface area contributed by atoms with Crippen LogP contribution >= 0.6 is 23.2 Å². The first kappa shape index (κ1) is 18.7. The van der Waals surface area contributed by atoms with E-state index >= 15 is 0 Å². The van der Waals surface area contributed by atoms with Gasteiger partial charge in [-0.2, -0.15) is 0 Å². The molecule has 0 radical (unpaired) electrons. The van der Waals surface area contributed by atoms with Crippen molar-refractivity contribution in [1.29, 1.82) is 0 Å². The lowest BCUT2D eigenvalue weighted by Gasteiger charge is -2.31. The van der Waals surface area contributed by atoms with Gasteiger partial charge in [0.1, 0.15) is 0 Å². The van der Waals surface area contributed by atoms with Crippen molar-refractivity contribution in [3.63, 3.8) is 0 Å². The topological polar surface area (TPSA) is 49.4 Å². The molecule has 0 bridgehead atoms. The van der Waals surface area contributed by atoms with Crippen LogP contribution in [0, 0.1) is 5.92 Å². The molecule has 2 aromatic rings. The molecule has 0 saturated carbocycles. The number of piperidine rings is 1. The minimum absolute atomic E-state index is 0.0123. The maximum atomic E-state index is 12.5. The molecule has 1 N–H and O–H groups in total. The summed E-state index contributed by atoms with van der Waals surface area (Å²) in [7, 11) is 0. The van der Waals surface area contributed by atoms with Crippen molar-refractivity contribution in [3.8, 4) is 0 Å². The van der Waals surface area contributed by atoms with Gasteiger partial charge in [0.05, 0.1) is 0 Å². The van der Waals surface area contributed by atoms with Crippen molar-refractivity contribution in [2.24, 2.45) is 5.92 Å². The highest BCUT2D eigenvalue weighted by molar-refractivity contribution is 6.30. The Bertz CT molecular complexity index is 767. The largest absolute Gasteiger partial charge is 0.352 e. The van der Waals surface area contributed by atoms with Gasteiger partial charge in [-0.25, -0.2) is 0 Å². The molecule has 26 heavy (non-hydrogen) atoms. The van der Waals surface area contributed by atoms with E-state index in [9.17, 15) is 9.59 Å². The van der Waals surface area contributed by atoms with E-state index < -0.39 is 0 Å². The molecular weight excluding hydrogens is 371 g/mol. The van der Waals surface area contributed by atoms with Crippen LogP contribution in [-0.4, -0.2) is 29.8 Å². The number of hydrogen-bond donors (Lipinski definition) is 1. The second kappa shape index (κ2) is 8.56. The molecule has 0 spiro atoms. The Morgan fingerprint density at radius 3 is 2.04 bits per heavy atom. The Balaban J connectivity index is 1.48. The number of amides is 2. The Hall–Kier alpha value is -2.04. The minimum atomic E-state index is -0.0587. The second-order valence-electron chi connectivity index (χ2n) is 6.42. The highest BCUT2D eigenvalue weighted by Gasteiger charge is 2.27. The number of carbonyl (C=O) groups excluding carboxylic acids is 2. The molecule has 0 unspecified atom stereocenters. The van der Waals surface area contributed by atoms with Gasteiger partial charge in [-0.15, -0.1) is 0 Å². The molecule has 6 heteroatoms. The number of halogens is 2. The van der Waals surface area contributed by atoms with Crippen LogP contribution in [-0.2, 0) is 11.3 Å². The van der Waals surface area contributed by atoms with E-state index in [0.717, 1.165) is 5.56 Å². The SMILES string of the molecule is O=C(NCc1ccc(Cl)cc1)C1CCN(C(=O)c2ccc(Cl)cc2)CC1. The van der Waals surface area contributed by atoms with Crippen molar-refractivity contribution in [1.82, 2.24) is 10.2 Å². The van der Waals surface area contributed by atoms with Gasteiger partial charge in [-0.3, -0.25) is 9.59 Å². The first-order chi connectivity index (χ1) is 12.5. The van der Waals surface area contributed by atoms with Gasteiger partial charge in [0.25, 0.3) is 5.91 Å². The fraction of sp³-hybridized carbons (Fsp3) is 0.300. The van der Waals surface area contributed by atoms with E-state index in [1.165, 1.54) is 0 Å². The number of benzene rings is 2. The Morgan fingerprint density at radius 1 is 0.923 bits per heavy atom. The number of rotatable bonds is 4. The predicted octanol–water partition coefficient (Wildman–Crippen LogP) is 4.16. The summed E-state index contributed by atoms with van der Waals surface area (Å²) < 4.78 is 0. The average Bonchev–Trinajstić information content (AvgIpc) is 2.67. The number of likely N-dealkylation sites (tertiary alicyclic amines) is 1. The summed E-state index contributed by atoms with van der Waals surface area (Å²) in [6, 6.07) is 14.3. The van der Waals surface area contributed by atoms with Crippen molar-refractivity contribution in [3.05, 3.63) is 69.7 Å². The molecular formula is C20H20Cl2N2O2. The van der Waals surface area contributed by atoms with Crippen molar-refractivity contribution in [2.75, 3.05) is 13.1 Å². The quantitative estimate of drug-likeness (QED) is 0.851. The zero-order chi connectivity index (χ0) is 18.5. The zero-order valence-corrected chi connectivity index (χ0v) is 15.8. The molecule has 2 aromatic carbocycles. The summed E-state index contributed by atoms with van der Waals surface area (Å²) >= 11 is 11.7. The van der Waals surface area contributed by atoms with E-state index in [4.69, 9.17) is 23.2 Å². The predicted molar refractivity (Wildman–Crippen MR) is 103 cm³/mol. The number of hydrogen-bond acceptors (Lipinski definition) is 2. The monoisotopic (exact) mass is 390 g/mol. The van der Waals surface area contributed by atoms with Gasteiger partial charge in [0.2, 0.25) is 5.91 Å². The van der Waals surface area contributed by atoms with E-state index in [-0.39, 0.29) is 17.7 Å². The summed E-state index contributed by atoms with van der Waals surface area (Å²) in [6.07, 6.45) is 1.34. The lowest BCUT2D eigenvalue weighted by atomic mass is 9.95. The summed E-state index contributed by atoms with van der Waals surface area (Å²) in [5.74, 6) is -0.0307. The van der Waals surface area contributed by atoms with Crippen molar-refractivity contribution >= 4 is 35.0 Å². The Labute approximate surface area is 163 Å². The highest BCUT2D eigenvalue weighted by Crippen LogP contribution is 2.20. The third-order valence-electron chi connectivity index (χ3n) is 4.62. The first-order valence-electron chi connectivity index (χ1n) is 8.60. The van der Waals surface area contributed by atoms with E-state index in [0.29, 0.717) is 48.1 Å². The van der Waals surface area contributed by atoms with Crippen LogP contribution < -0.4 is 5.32 Å². The molecule has 136 valence electrons. The fourth-order valence-corrected chi connectivity index (χ4v) is 3.31. The van der Waals surface area contributed by atoms with Crippen LogP contribution in [0.2, 0.25) is 10.0 Å². The van der Waals surface area contributed by atoms with Gasteiger partial charge >= 0.3 is 0 Å². The maximum Gasteiger partial charge on any atom is 0.253 e. The molecule has 2 amide bonds. The van der Waals surface area contributed by atoms with Gasteiger partial charge in [0.15, 0.2) is 0 Å². The molecule has 1 heterocycles. The summed E-state index contributed by atoms with van der Waals surface area (Å²) in [5.41, 5.74) is 1.64. The molecule has 0 aliphatic carbocycles. The number of nitrogens with zero attached hydrogens (tertiary/aromatic N) is 1. The summed E-state index contributed by atoms with van der Waals surface area (Å²) in [6.45, 7) is 1.65. The van der Waals surface area contributed by atoms with E-state index in [2.05, 4.69) is 5.32 Å². The van der Waals surface area contributed by atoms with Crippen LogP contribution in [0.1, 0.15) is 28.8 Å². The molecule has 0 atom stereocenters. The lowest BCUT2D eigenvalue weighted by molar-refractivity contribution is -0.126. The van der Waals surface area contributed by atoms with Crippen LogP contribution in [0.5, 0.6) is 0 Å². The second-order valence-corrected chi connectivity index (χ2v) is 7.29. The summed E-state index contributed by atoms with van der Waals surface area (Å²) in [4.78, 5) is 26.7. The number of nitrogens with one attached hydrogen (secondary N) is 1. The average molecular weight is 391 g/mol. The molecule has 1 saturated heterocycles. The van der Waals surface area contributed by atoms with Gasteiger partial charge in [-0.05, 0) is 54.8 Å². The standard InChI is InChI=1S/C20H20Cl2N2O2/c21-17-5-1-14(2-6-17)13-23-19(25)15-9-11-24(12-10-15)20(26)16-3-7-18(22)8-4-16/h1-8,15H,9-13H2,(H,23,25). The third-order valence-corrected chi connectivity index (χ3v) is 5.13. The maximum absolute atomic E-state index is 12.5. The zero-order valence-electron chi connectivity index (χ0n) is 14.3. The molecule has 1 aliphatic heterocycles. The lowest BCUT2D eigenvalue weighted by Crippen LogP contribution is -2.42. The first-order valence-corrected chi connectivity index (χ1v) is 9.35. The molecule has 3 rings (SSSR count).